The molecule has 1 aromatic rings. The van der Waals surface area contributed by atoms with E-state index in [9.17, 15) is 4.79 Å². The quantitative estimate of drug-likeness (QED) is 0.847. The van der Waals surface area contributed by atoms with Gasteiger partial charge < -0.3 is 20.1 Å². The molecule has 1 aliphatic heterocycles. The number of hydrogen-bond donors (Lipinski definition) is 2. The molecule has 0 aliphatic carbocycles. The highest BCUT2D eigenvalue weighted by atomic mass is 35.5. The Kier molecular flexibility index (Phi) is 6.45. The molecule has 1 amide bonds. The van der Waals surface area contributed by atoms with Crippen LogP contribution in [0.25, 0.3) is 0 Å². The summed E-state index contributed by atoms with van der Waals surface area (Å²) in [5.74, 6) is 1.11. The molecule has 1 fully saturated rings. The standard InChI is InChI=1S/C13H18N2O3.ClH/c1-17-11-4-2-3-5-12(11)18-9-13(16)15-10-6-7-14-8-10;/h2-5,10,14H,6-9H2,1H3,(H,15,16);1H. The zero-order valence-electron chi connectivity index (χ0n) is 10.8. The van der Waals surface area contributed by atoms with Gasteiger partial charge in [-0.15, -0.1) is 12.4 Å². The second kappa shape index (κ2) is 7.86. The number of halogens is 1. The second-order valence-corrected chi connectivity index (χ2v) is 4.20. The number of amides is 1. The van der Waals surface area contributed by atoms with Gasteiger partial charge in [-0.1, -0.05) is 12.1 Å². The van der Waals surface area contributed by atoms with E-state index >= 15 is 0 Å². The number of methoxy groups -OCH3 is 1. The van der Waals surface area contributed by atoms with Gasteiger partial charge in [0, 0.05) is 12.6 Å². The van der Waals surface area contributed by atoms with Gasteiger partial charge in [-0.2, -0.15) is 0 Å². The van der Waals surface area contributed by atoms with Crippen molar-refractivity contribution >= 4 is 18.3 Å². The van der Waals surface area contributed by atoms with Crippen LogP contribution < -0.4 is 20.1 Å². The fraction of sp³-hybridized carbons (Fsp3) is 0.462. The van der Waals surface area contributed by atoms with Crippen LogP contribution >= 0.6 is 12.4 Å². The lowest BCUT2D eigenvalue weighted by Gasteiger charge is -2.13. The minimum Gasteiger partial charge on any atom is -0.493 e. The SMILES string of the molecule is COc1ccccc1OCC(=O)NC1CCNC1.Cl. The molecular formula is C13H19ClN2O3. The van der Waals surface area contributed by atoms with Crippen molar-refractivity contribution in [2.45, 2.75) is 12.5 Å². The summed E-state index contributed by atoms with van der Waals surface area (Å²) in [7, 11) is 1.58. The summed E-state index contributed by atoms with van der Waals surface area (Å²) >= 11 is 0. The Balaban J connectivity index is 0.00000180. The minimum absolute atomic E-state index is 0. The van der Waals surface area contributed by atoms with Gasteiger partial charge in [0.1, 0.15) is 0 Å². The molecule has 5 nitrogen and oxygen atoms in total. The summed E-state index contributed by atoms with van der Waals surface area (Å²) < 4.78 is 10.6. The van der Waals surface area contributed by atoms with Gasteiger partial charge in [-0.3, -0.25) is 4.79 Å². The van der Waals surface area contributed by atoms with Crippen LogP contribution in [0.5, 0.6) is 11.5 Å². The van der Waals surface area contributed by atoms with Crippen molar-refractivity contribution in [1.29, 1.82) is 0 Å². The van der Waals surface area contributed by atoms with Gasteiger partial charge in [0.15, 0.2) is 18.1 Å². The molecule has 0 saturated carbocycles. The first kappa shape index (κ1) is 15.6. The molecule has 2 N–H and O–H groups in total. The minimum atomic E-state index is -0.102. The van der Waals surface area contributed by atoms with Crippen LogP contribution in [0.1, 0.15) is 6.42 Å². The lowest BCUT2D eigenvalue weighted by Crippen LogP contribution is -2.39. The summed E-state index contributed by atoms with van der Waals surface area (Å²) in [6.07, 6.45) is 0.973. The Morgan fingerprint density at radius 2 is 2.16 bits per heavy atom. The number of nitrogens with one attached hydrogen (secondary N) is 2. The third-order valence-electron chi connectivity index (χ3n) is 2.85. The number of benzene rings is 1. The van der Waals surface area contributed by atoms with E-state index in [0.717, 1.165) is 19.5 Å². The predicted octanol–water partition coefficient (Wildman–Crippen LogP) is 0.974. The smallest absolute Gasteiger partial charge is 0.258 e. The van der Waals surface area contributed by atoms with Crippen molar-refractivity contribution in [3.8, 4) is 11.5 Å². The molecule has 1 unspecified atom stereocenters. The van der Waals surface area contributed by atoms with Gasteiger partial charge in [0.25, 0.3) is 5.91 Å². The molecular weight excluding hydrogens is 268 g/mol. The van der Waals surface area contributed by atoms with E-state index in [1.165, 1.54) is 0 Å². The van der Waals surface area contributed by atoms with Crippen LogP contribution in [0, 0.1) is 0 Å². The topological polar surface area (TPSA) is 59.6 Å². The monoisotopic (exact) mass is 286 g/mol. The summed E-state index contributed by atoms with van der Waals surface area (Å²) in [6, 6.07) is 7.50. The van der Waals surface area contributed by atoms with Gasteiger partial charge in [0.2, 0.25) is 0 Å². The highest BCUT2D eigenvalue weighted by molar-refractivity contribution is 5.85. The molecule has 1 heterocycles. The molecule has 0 bridgehead atoms. The Bertz CT molecular complexity index is 409. The average molecular weight is 287 g/mol. The number of ether oxygens (including phenoxy) is 2. The fourth-order valence-corrected chi connectivity index (χ4v) is 1.93. The van der Waals surface area contributed by atoms with E-state index in [0.29, 0.717) is 11.5 Å². The average Bonchev–Trinajstić information content (AvgIpc) is 2.89. The Morgan fingerprint density at radius 3 is 2.79 bits per heavy atom. The molecule has 0 aromatic heterocycles. The summed E-state index contributed by atoms with van der Waals surface area (Å²) in [5, 5.41) is 6.11. The van der Waals surface area contributed by atoms with E-state index in [-0.39, 0.29) is 31.0 Å². The largest absolute Gasteiger partial charge is 0.493 e. The van der Waals surface area contributed by atoms with Crippen molar-refractivity contribution in [1.82, 2.24) is 10.6 Å². The maximum atomic E-state index is 11.7. The van der Waals surface area contributed by atoms with E-state index in [1.807, 2.05) is 12.1 Å². The predicted molar refractivity (Wildman–Crippen MR) is 75.2 cm³/mol. The molecule has 1 atom stereocenters. The van der Waals surface area contributed by atoms with Gasteiger partial charge >= 0.3 is 0 Å². The Labute approximate surface area is 119 Å². The van der Waals surface area contributed by atoms with Crippen molar-refractivity contribution < 1.29 is 14.3 Å². The molecule has 1 aliphatic rings. The van der Waals surface area contributed by atoms with E-state index in [2.05, 4.69) is 10.6 Å². The van der Waals surface area contributed by atoms with Crippen molar-refractivity contribution in [2.75, 3.05) is 26.8 Å². The van der Waals surface area contributed by atoms with E-state index < -0.39 is 0 Å². The van der Waals surface area contributed by atoms with Gasteiger partial charge in [-0.25, -0.2) is 0 Å². The van der Waals surface area contributed by atoms with Crippen molar-refractivity contribution in [3.05, 3.63) is 24.3 Å². The van der Waals surface area contributed by atoms with Crippen LogP contribution in [0.3, 0.4) is 0 Å². The number of carbonyl (C=O) groups excluding carboxylic acids is 1. The molecule has 6 heteroatoms. The zero-order chi connectivity index (χ0) is 12.8. The Morgan fingerprint density at radius 1 is 1.42 bits per heavy atom. The molecule has 0 spiro atoms. The molecule has 1 saturated heterocycles. The first-order chi connectivity index (χ1) is 8.79. The lowest BCUT2D eigenvalue weighted by atomic mass is 10.2. The third-order valence-corrected chi connectivity index (χ3v) is 2.85. The lowest BCUT2D eigenvalue weighted by molar-refractivity contribution is -0.123. The highest BCUT2D eigenvalue weighted by Crippen LogP contribution is 2.25. The number of carbonyl (C=O) groups is 1. The summed E-state index contributed by atoms with van der Waals surface area (Å²) in [5.41, 5.74) is 0. The molecule has 19 heavy (non-hydrogen) atoms. The molecule has 2 rings (SSSR count). The first-order valence-corrected chi connectivity index (χ1v) is 6.05. The van der Waals surface area contributed by atoms with E-state index in [4.69, 9.17) is 9.47 Å². The Hall–Kier alpha value is -1.46. The van der Waals surface area contributed by atoms with Gasteiger partial charge in [-0.05, 0) is 25.1 Å². The number of rotatable bonds is 5. The first-order valence-electron chi connectivity index (χ1n) is 6.05. The van der Waals surface area contributed by atoms with Crippen molar-refractivity contribution in [2.24, 2.45) is 0 Å². The second-order valence-electron chi connectivity index (χ2n) is 4.20. The normalized spacial score (nSPS) is 17.4. The molecule has 0 radical (unpaired) electrons. The number of para-hydroxylation sites is 2. The summed E-state index contributed by atoms with van der Waals surface area (Å²) in [4.78, 5) is 11.7. The van der Waals surface area contributed by atoms with Crippen molar-refractivity contribution in [3.63, 3.8) is 0 Å². The third kappa shape index (κ3) is 4.61. The fourth-order valence-electron chi connectivity index (χ4n) is 1.93. The maximum absolute atomic E-state index is 11.7. The number of hydrogen-bond acceptors (Lipinski definition) is 4. The summed E-state index contributed by atoms with van der Waals surface area (Å²) in [6.45, 7) is 1.80. The molecule has 106 valence electrons. The van der Waals surface area contributed by atoms with Crippen LogP contribution in [-0.4, -0.2) is 38.8 Å². The highest BCUT2D eigenvalue weighted by Gasteiger charge is 2.16. The zero-order valence-corrected chi connectivity index (χ0v) is 11.7. The van der Waals surface area contributed by atoms with Crippen LogP contribution in [0.15, 0.2) is 24.3 Å². The maximum Gasteiger partial charge on any atom is 0.258 e. The van der Waals surface area contributed by atoms with Crippen LogP contribution in [0.4, 0.5) is 0 Å². The molecule has 1 aromatic carbocycles. The van der Waals surface area contributed by atoms with Crippen LogP contribution in [0.2, 0.25) is 0 Å². The van der Waals surface area contributed by atoms with Crippen LogP contribution in [-0.2, 0) is 4.79 Å². The van der Waals surface area contributed by atoms with Gasteiger partial charge in [0.05, 0.1) is 7.11 Å². The van der Waals surface area contributed by atoms with E-state index in [1.54, 1.807) is 19.2 Å².